The number of furan rings is 1. The maximum Gasteiger partial charge on any atom is 0.266 e. The first-order valence-corrected chi connectivity index (χ1v) is 11.6. The van der Waals surface area contributed by atoms with Gasteiger partial charge in [0.15, 0.2) is 10.1 Å². The van der Waals surface area contributed by atoms with Gasteiger partial charge in [-0.2, -0.15) is 10.2 Å². The molecule has 0 aromatic carbocycles. The van der Waals surface area contributed by atoms with Crippen molar-refractivity contribution in [2.75, 3.05) is 62.4 Å². The number of amides is 1. The number of oxazole rings is 1. The highest BCUT2D eigenvalue weighted by atomic mass is 32.2. The van der Waals surface area contributed by atoms with Gasteiger partial charge < -0.3 is 28.7 Å². The van der Waals surface area contributed by atoms with Crippen LogP contribution in [0, 0.1) is 11.3 Å². The van der Waals surface area contributed by atoms with Crippen molar-refractivity contribution in [3.8, 4) is 17.7 Å². The molecule has 3 aromatic rings. The van der Waals surface area contributed by atoms with Crippen LogP contribution in [0.25, 0.3) is 11.7 Å². The Kier molecular flexibility index (Phi) is 7.25. The summed E-state index contributed by atoms with van der Waals surface area (Å²) in [5.74, 6) is 1.47. The average Bonchev–Trinajstić information content (AvgIpc) is 3.58. The van der Waals surface area contributed by atoms with E-state index in [0.717, 1.165) is 4.34 Å². The van der Waals surface area contributed by atoms with Gasteiger partial charge in [0.2, 0.25) is 22.6 Å². The lowest BCUT2D eigenvalue weighted by molar-refractivity contribution is -0.128. The smallest absolute Gasteiger partial charge is 0.266 e. The van der Waals surface area contributed by atoms with Gasteiger partial charge in [0.25, 0.3) is 5.89 Å². The zero-order valence-electron chi connectivity index (χ0n) is 17.3. The third-order valence-corrected chi connectivity index (χ3v) is 6.67. The molecule has 4 rings (SSSR count). The summed E-state index contributed by atoms with van der Waals surface area (Å²) in [6.07, 6.45) is 1.52. The van der Waals surface area contributed by atoms with Gasteiger partial charge in [-0.1, -0.05) is 23.1 Å². The van der Waals surface area contributed by atoms with Crippen molar-refractivity contribution in [3.63, 3.8) is 0 Å². The summed E-state index contributed by atoms with van der Waals surface area (Å²) in [5, 5.41) is 21.4. The Balaban J connectivity index is 1.28. The van der Waals surface area contributed by atoms with Crippen LogP contribution in [0.15, 0.2) is 31.6 Å². The number of aromatic nitrogens is 3. The molecule has 1 aliphatic heterocycles. The lowest BCUT2D eigenvalue weighted by atomic mass is 10.3. The minimum atomic E-state index is 0.0353. The Bertz CT molecular complexity index is 1070. The fourth-order valence-electron chi connectivity index (χ4n) is 3.08. The first-order valence-electron chi connectivity index (χ1n) is 9.84. The monoisotopic (exact) mass is 475 g/mol. The fourth-order valence-corrected chi connectivity index (χ4v) is 4.76. The average molecular weight is 476 g/mol. The number of ether oxygens (including phenoxy) is 1. The molecule has 1 saturated heterocycles. The number of hydrogen-bond donors (Lipinski definition) is 1. The lowest BCUT2D eigenvalue weighted by Gasteiger charge is -2.34. The number of carbonyl (C=O) groups excluding carboxylic acids is 1. The van der Waals surface area contributed by atoms with E-state index in [1.807, 2.05) is 4.90 Å². The highest BCUT2D eigenvalue weighted by Gasteiger charge is 2.27. The molecule has 1 amide bonds. The molecule has 32 heavy (non-hydrogen) atoms. The van der Waals surface area contributed by atoms with Crippen molar-refractivity contribution < 1.29 is 18.4 Å². The number of nitriles is 1. The number of piperazine rings is 1. The molecule has 0 bridgehead atoms. The van der Waals surface area contributed by atoms with Crippen LogP contribution in [0.2, 0.25) is 0 Å². The summed E-state index contributed by atoms with van der Waals surface area (Å²) in [4.78, 5) is 20.6. The molecule has 13 heteroatoms. The quantitative estimate of drug-likeness (QED) is 0.360. The number of hydrogen-bond acceptors (Lipinski definition) is 12. The Morgan fingerprint density at radius 3 is 2.94 bits per heavy atom. The van der Waals surface area contributed by atoms with Crippen LogP contribution in [0.1, 0.15) is 5.69 Å². The fraction of sp³-hybridized carbons (Fsp3) is 0.421. The number of methoxy groups -OCH3 is 1. The molecule has 1 aliphatic rings. The molecule has 0 unspecified atom stereocenters. The van der Waals surface area contributed by atoms with Gasteiger partial charge in [-0.15, -0.1) is 10.2 Å². The second-order valence-electron chi connectivity index (χ2n) is 6.71. The lowest BCUT2D eigenvalue weighted by Crippen LogP contribution is -2.49. The van der Waals surface area contributed by atoms with E-state index in [0.29, 0.717) is 61.9 Å². The predicted molar refractivity (Wildman–Crippen MR) is 119 cm³/mol. The summed E-state index contributed by atoms with van der Waals surface area (Å²) >= 11 is 2.79. The second-order valence-corrected chi connectivity index (χ2v) is 8.91. The van der Waals surface area contributed by atoms with Crippen molar-refractivity contribution in [1.82, 2.24) is 20.1 Å². The zero-order valence-corrected chi connectivity index (χ0v) is 18.9. The molecule has 0 spiro atoms. The molecule has 0 saturated carbocycles. The molecule has 11 nitrogen and oxygen atoms in total. The van der Waals surface area contributed by atoms with Crippen LogP contribution < -0.4 is 10.2 Å². The van der Waals surface area contributed by atoms with E-state index < -0.39 is 0 Å². The molecule has 0 atom stereocenters. The third kappa shape index (κ3) is 5.21. The van der Waals surface area contributed by atoms with Crippen molar-refractivity contribution in [3.05, 3.63) is 24.1 Å². The topological polar surface area (TPSA) is 134 Å². The van der Waals surface area contributed by atoms with Crippen molar-refractivity contribution in [2.45, 2.75) is 4.34 Å². The van der Waals surface area contributed by atoms with Crippen LogP contribution in [0.3, 0.4) is 0 Å². The van der Waals surface area contributed by atoms with E-state index in [1.54, 1.807) is 24.1 Å². The molecule has 1 N–H and O–H groups in total. The van der Waals surface area contributed by atoms with Crippen LogP contribution in [-0.4, -0.2) is 78.2 Å². The summed E-state index contributed by atoms with van der Waals surface area (Å²) in [6, 6.07) is 5.52. The Hall–Kier alpha value is -3.08. The summed E-state index contributed by atoms with van der Waals surface area (Å²) in [7, 11) is 1.64. The molecule has 3 aromatic heterocycles. The number of rotatable bonds is 9. The zero-order chi connectivity index (χ0) is 22.3. The minimum Gasteiger partial charge on any atom is -0.459 e. The SMILES string of the molecule is COCCNc1nnc(SCC(=O)N2CCN(c3oc(-c4ccco4)nc3C#N)CC2)s1. The van der Waals surface area contributed by atoms with Gasteiger partial charge in [0, 0.05) is 39.8 Å². The number of nitrogens with zero attached hydrogens (tertiary/aromatic N) is 6. The second kappa shape index (κ2) is 10.5. The van der Waals surface area contributed by atoms with E-state index in [-0.39, 0.29) is 17.5 Å². The van der Waals surface area contributed by atoms with Crippen LogP contribution in [0.5, 0.6) is 0 Å². The van der Waals surface area contributed by atoms with Gasteiger partial charge in [-0.3, -0.25) is 4.79 Å². The van der Waals surface area contributed by atoms with Gasteiger partial charge in [-0.25, -0.2) is 0 Å². The van der Waals surface area contributed by atoms with Gasteiger partial charge in [0.1, 0.15) is 6.07 Å². The first kappa shape index (κ1) is 22.1. The van der Waals surface area contributed by atoms with Gasteiger partial charge in [-0.05, 0) is 12.1 Å². The molecule has 1 fully saturated rings. The van der Waals surface area contributed by atoms with E-state index >= 15 is 0 Å². The third-order valence-electron chi connectivity index (χ3n) is 4.67. The van der Waals surface area contributed by atoms with Crippen molar-refractivity contribution >= 4 is 40.0 Å². The number of anilines is 2. The number of carbonyl (C=O) groups is 1. The van der Waals surface area contributed by atoms with Crippen molar-refractivity contribution in [2.24, 2.45) is 0 Å². The standard InChI is InChI=1S/C19H21N7O4S2/c1-28-10-4-21-18-23-24-19(32-18)31-12-15(27)25-5-7-26(8-6-25)17-13(11-20)22-16(30-17)14-3-2-9-29-14/h2-3,9H,4-8,10,12H2,1H3,(H,21,23). The normalized spacial score (nSPS) is 13.9. The first-order chi connectivity index (χ1) is 15.7. The Labute approximate surface area is 192 Å². The van der Waals surface area contributed by atoms with Gasteiger partial charge in [0.05, 0.1) is 18.6 Å². The minimum absolute atomic E-state index is 0.0353. The van der Waals surface area contributed by atoms with Crippen molar-refractivity contribution in [1.29, 1.82) is 5.26 Å². The Morgan fingerprint density at radius 2 is 2.22 bits per heavy atom. The summed E-state index contributed by atoms with van der Waals surface area (Å²) < 4.78 is 16.8. The highest BCUT2D eigenvalue weighted by molar-refractivity contribution is 8.01. The maximum absolute atomic E-state index is 12.6. The van der Waals surface area contributed by atoms with Gasteiger partial charge >= 0.3 is 0 Å². The molecule has 4 heterocycles. The molecule has 168 valence electrons. The van der Waals surface area contributed by atoms with E-state index in [9.17, 15) is 10.1 Å². The molecular formula is C19H21N7O4S2. The molecule has 0 aliphatic carbocycles. The molecule has 0 radical (unpaired) electrons. The molecular weight excluding hydrogens is 454 g/mol. The van der Waals surface area contributed by atoms with E-state index in [1.165, 1.54) is 29.4 Å². The number of thioether (sulfide) groups is 1. The van der Waals surface area contributed by atoms with E-state index in [4.69, 9.17) is 13.6 Å². The summed E-state index contributed by atoms with van der Waals surface area (Å²) in [5.41, 5.74) is 0.206. The maximum atomic E-state index is 12.6. The Morgan fingerprint density at radius 1 is 1.38 bits per heavy atom. The van der Waals surface area contributed by atoms with Crippen LogP contribution in [-0.2, 0) is 9.53 Å². The highest BCUT2D eigenvalue weighted by Crippen LogP contribution is 2.29. The summed E-state index contributed by atoms with van der Waals surface area (Å²) in [6.45, 7) is 3.39. The van der Waals surface area contributed by atoms with Crippen LogP contribution in [0.4, 0.5) is 11.0 Å². The van der Waals surface area contributed by atoms with E-state index in [2.05, 4.69) is 26.6 Å². The number of nitrogens with one attached hydrogen (secondary N) is 1. The predicted octanol–water partition coefficient (Wildman–Crippen LogP) is 2.16. The van der Waals surface area contributed by atoms with Crippen LogP contribution >= 0.6 is 23.1 Å². The largest absolute Gasteiger partial charge is 0.459 e.